The number of rotatable bonds is 7. The summed E-state index contributed by atoms with van der Waals surface area (Å²) < 4.78 is 9.69. The highest BCUT2D eigenvalue weighted by atomic mass is 79.9. The molecule has 144 valence electrons. The predicted molar refractivity (Wildman–Crippen MR) is 107 cm³/mol. The Morgan fingerprint density at radius 1 is 0.889 bits per heavy atom. The van der Waals surface area contributed by atoms with E-state index in [-0.39, 0.29) is 36.2 Å². The summed E-state index contributed by atoms with van der Waals surface area (Å²) in [5.41, 5.74) is 1.43. The smallest absolute Gasteiger partial charge is 0.316 e. The van der Waals surface area contributed by atoms with E-state index < -0.39 is 5.97 Å². The van der Waals surface area contributed by atoms with E-state index >= 15 is 0 Å². The van der Waals surface area contributed by atoms with E-state index in [9.17, 15) is 14.4 Å². The molecular weight excluding hydrogens is 412 g/mol. The molecular formula is C21H23BrO5. The zero-order valence-electron chi connectivity index (χ0n) is 15.4. The van der Waals surface area contributed by atoms with Crippen molar-refractivity contribution in [3.63, 3.8) is 0 Å². The van der Waals surface area contributed by atoms with E-state index in [1.54, 1.807) is 24.3 Å². The fraction of sp³-hybridized carbons (Fsp3) is 0.286. The highest BCUT2D eigenvalue weighted by molar-refractivity contribution is 9.09. The number of ether oxygens (including phenoxy) is 2. The number of hydrogen-bond acceptors (Lipinski definition) is 5. The third-order valence-corrected chi connectivity index (χ3v) is 3.59. The molecule has 0 aliphatic heterocycles. The lowest BCUT2D eigenvalue weighted by atomic mass is 10.1. The molecule has 27 heavy (non-hydrogen) atoms. The standard InChI is InChI=1S/C16H14O3.C5H9BrO2/c17-15(14-9-5-2-6-10-14)12-19-16(18)11-13-7-3-1-4-8-13;1-4(2)8-5(7)3-6/h1-10H,11-12H2;4H,3H2,1-2H3. The lowest BCUT2D eigenvalue weighted by Crippen LogP contribution is -2.15. The molecule has 0 heterocycles. The van der Waals surface area contributed by atoms with E-state index in [0.29, 0.717) is 5.56 Å². The van der Waals surface area contributed by atoms with Crippen LogP contribution in [0.3, 0.4) is 0 Å². The lowest BCUT2D eigenvalue weighted by molar-refractivity contribution is -0.144. The van der Waals surface area contributed by atoms with Gasteiger partial charge in [0.25, 0.3) is 0 Å². The average molecular weight is 435 g/mol. The van der Waals surface area contributed by atoms with Gasteiger partial charge in [0.05, 0.1) is 12.5 Å². The first-order chi connectivity index (χ1) is 12.9. The van der Waals surface area contributed by atoms with Crippen LogP contribution in [0.15, 0.2) is 60.7 Å². The summed E-state index contributed by atoms with van der Waals surface area (Å²) in [6, 6.07) is 18.1. The van der Waals surface area contributed by atoms with Gasteiger partial charge in [0.2, 0.25) is 0 Å². The highest BCUT2D eigenvalue weighted by Crippen LogP contribution is 2.03. The Morgan fingerprint density at radius 2 is 1.44 bits per heavy atom. The van der Waals surface area contributed by atoms with Crippen molar-refractivity contribution < 1.29 is 23.9 Å². The molecule has 0 aliphatic carbocycles. The lowest BCUT2D eigenvalue weighted by Gasteiger charge is -2.04. The second kappa shape index (κ2) is 12.8. The normalized spacial score (nSPS) is 9.78. The molecule has 0 aromatic heterocycles. The Kier molecular flexibility index (Phi) is 10.7. The van der Waals surface area contributed by atoms with Gasteiger partial charge in [-0.05, 0) is 19.4 Å². The molecule has 0 saturated heterocycles. The number of hydrogen-bond donors (Lipinski definition) is 0. The average Bonchev–Trinajstić information content (AvgIpc) is 2.67. The summed E-state index contributed by atoms with van der Waals surface area (Å²) in [6.45, 7) is 3.43. The number of alkyl halides is 1. The zero-order valence-corrected chi connectivity index (χ0v) is 17.0. The van der Waals surface area contributed by atoms with Gasteiger partial charge >= 0.3 is 11.9 Å². The van der Waals surface area contributed by atoms with Gasteiger partial charge in [-0.1, -0.05) is 76.6 Å². The first kappa shape index (κ1) is 22.6. The van der Waals surface area contributed by atoms with Gasteiger partial charge in [0, 0.05) is 5.56 Å². The van der Waals surface area contributed by atoms with Crippen molar-refractivity contribution in [2.24, 2.45) is 0 Å². The largest absolute Gasteiger partial charge is 0.462 e. The fourth-order valence-corrected chi connectivity index (χ4v) is 2.09. The van der Waals surface area contributed by atoms with Gasteiger partial charge in [-0.3, -0.25) is 14.4 Å². The molecule has 6 heteroatoms. The molecule has 0 amide bonds. The molecule has 0 bridgehead atoms. The van der Waals surface area contributed by atoms with Gasteiger partial charge in [-0.2, -0.15) is 0 Å². The molecule has 0 fully saturated rings. The molecule has 0 spiro atoms. The summed E-state index contributed by atoms with van der Waals surface area (Å²) in [5, 5.41) is 0.283. The number of carbonyl (C=O) groups is 3. The number of Topliss-reactive ketones (excluding diaryl/α,β-unsaturated/α-hetero) is 1. The molecule has 0 saturated carbocycles. The molecule has 0 atom stereocenters. The van der Waals surface area contributed by atoms with Crippen molar-refractivity contribution in [3.8, 4) is 0 Å². The maximum Gasteiger partial charge on any atom is 0.316 e. The molecule has 2 aromatic rings. The molecule has 0 N–H and O–H groups in total. The first-order valence-electron chi connectivity index (χ1n) is 8.45. The topological polar surface area (TPSA) is 69.7 Å². The Morgan fingerprint density at radius 3 is 1.93 bits per heavy atom. The van der Waals surface area contributed by atoms with Gasteiger partial charge in [0.15, 0.2) is 12.4 Å². The molecule has 2 aromatic carbocycles. The SMILES string of the molecule is CC(C)OC(=O)CBr.O=C(Cc1ccccc1)OCC(=O)c1ccccc1. The van der Waals surface area contributed by atoms with Crippen molar-refractivity contribution in [2.75, 3.05) is 11.9 Å². The Balaban J connectivity index is 0.000000387. The fourth-order valence-electron chi connectivity index (χ4n) is 1.96. The van der Waals surface area contributed by atoms with Crippen LogP contribution in [0, 0.1) is 0 Å². The highest BCUT2D eigenvalue weighted by Gasteiger charge is 2.09. The van der Waals surface area contributed by atoms with Crippen LogP contribution in [0.25, 0.3) is 0 Å². The van der Waals surface area contributed by atoms with Gasteiger partial charge < -0.3 is 9.47 Å². The van der Waals surface area contributed by atoms with E-state index in [4.69, 9.17) is 9.47 Å². The van der Waals surface area contributed by atoms with Gasteiger partial charge in [-0.25, -0.2) is 0 Å². The minimum atomic E-state index is -0.393. The van der Waals surface area contributed by atoms with Crippen LogP contribution < -0.4 is 0 Å². The summed E-state index contributed by atoms with van der Waals surface area (Å²) in [7, 11) is 0. The van der Waals surface area contributed by atoms with Crippen LogP contribution in [0.1, 0.15) is 29.8 Å². The molecule has 2 rings (SSSR count). The monoisotopic (exact) mass is 434 g/mol. The first-order valence-corrected chi connectivity index (χ1v) is 9.57. The van der Waals surface area contributed by atoms with Crippen molar-refractivity contribution >= 4 is 33.7 Å². The van der Waals surface area contributed by atoms with E-state index in [1.807, 2.05) is 50.2 Å². The predicted octanol–water partition coefficient (Wildman–Crippen LogP) is 3.99. The molecule has 5 nitrogen and oxygen atoms in total. The van der Waals surface area contributed by atoms with Crippen molar-refractivity contribution in [1.29, 1.82) is 0 Å². The zero-order chi connectivity index (χ0) is 20.1. The van der Waals surface area contributed by atoms with Crippen LogP contribution in [0.5, 0.6) is 0 Å². The van der Waals surface area contributed by atoms with Crippen LogP contribution in [-0.2, 0) is 25.5 Å². The molecule has 0 aliphatic rings. The second-order valence-electron chi connectivity index (χ2n) is 5.78. The number of ketones is 1. The quantitative estimate of drug-likeness (QED) is 0.374. The van der Waals surface area contributed by atoms with E-state index in [0.717, 1.165) is 5.56 Å². The van der Waals surface area contributed by atoms with Crippen LogP contribution in [0.4, 0.5) is 0 Å². The number of carbonyl (C=O) groups excluding carboxylic acids is 3. The number of esters is 2. The summed E-state index contributed by atoms with van der Waals surface area (Å²) in [6.07, 6.45) is 0.183. The van der Waals surface area contributed by atoms with Crippen LogP contribution in [-0.4, -0.2) is 35.8 Å². The van der Waals surface area contributed by atoms with Crippen molar-refractivity contribution in [3.05, 3.63) is 71.8 Å². The molecule has 0 radical (unpaired) electrons. The second-order valence-corrected chi connectivity index (χ2v) is 6.35. The minimum Gasteiger partial charge on any atom is -0.462 e. The maximum atomic E-state index is 11.7. The summed E-state index contributed by atoms with van der Waals surface area (Å²) in [4.78, 5) is 33.7. The third kappa shape index (κ3) is 10.3. The van der Waals surface area contributed by atoms with Gasteiger partial charge in [-0.15, -0.1) is 0 Å². The van der Waals surface area contributed by atoms with E-state index in [2.05, 4.69) is 15.9 Å². The molecule has 0 unspecified atom stereocenters. The summed E-state index contributed by atoms with van der Waals surface area (Å²) in [5.74, 6) is -0.794. The van der Waals surface area contributed by atoms with Crippen molar-refractivity contribution in [2.45, 2.75) is 26.4 Å². The Hall–Kier alpha value is -2.47. The Bertz CT molecular complexity index is 714. The number of halogens is 1. The van der Waals surface area contributed by atoms with E-state index in [1.165, 1.54) is 0 Å². The van der Waals surface area contributed by atoms with Crippen LogP contribution >= 0.6 is 15.9 Å². The number of benzene rings is 2. The van der Waals surface area contributed by atoms with Crippen molar-refractivity contribution in [1.82, 2.24) is 0 Å². The van der Waals surface area contributed by atoms with Gasteiger partial charge in [0.1, 0.15) is 5.33 Å². The Labute approximate surface area is 167 Å². The summed E-state index contributed by atoms with van der Waals surface area (Å²) >= 11 is 2.97. The third-order valence-electron chi connectivity index (χ3n) is 3.13. The minimum absolute atomic E-state index is 0.0000463. The maximum absolute atomic E-state index is 11.7. The van der Waals surface area contributed by atoms with Crippen LogP contribution in [0.2, 0.25) is 0 Å².